The van der Waals surface area contributed by atoms with Gasteiger partial charge in [-0.1, -0.05) is 31.4 Å². The molecule has 110 valence electrons. The van der Waals surface area contributed by atoms with Crippen LogP contribution in [0.3, 0.4) is 0 Å². The van der Waals surface area contributed by atoms with E-state index in [1.807, 2.05) is 6.92 Å². The van der Waals surface area contributed by atoms with Crippen LogP contribution in [0, 0.1) is 5.92 Å². The number of sulfonamides is 1. The summed E-state index contributed by atoms with van der Waals surface area (Å²) in [6.45, 7) is 2.66. The van der Waals surface area contributed by atoms with Gasteiger partial charge in [0.1, 0.15) is 4.21 Å². The van der Waals surface area contributed by atoms with Gasteiger partial charge in [-0.2, -0.15) is 0 Å². The first-order chi connectivity index (χ1) is 8.99. The monoisotopic (exact) mass is 325 g/mol. The zero-order chi connectivity index (χ0) is 14.3. The topological polar surface area (TPSA) is 66.4 Å². The Morgan fingerprint density at radius 3 is 2.68 bits per heavy atom. The summed E-state index contributed by atoms with van der Waals surface area (Å²) in [4.78, 5) is 0. The maximum absolute atomic E-state index is 12.0. The van der Waals surface area contributed by atoms with Gasteiger partial charge >= 0.3 is 0 Å². The zero-order valence-electron chi connectivity index (χ0n) is 10.9. The number of thiophene rings is 1. The van der Waals surface area contributed by atoms with Crippen LogP contribution in [0.25, 0.3) is 0 Å². The molecule has 0 amide bonds. The summed E-state index contributed by atoms with van der Waals surface area (Å²) in [7, 11) is -3.44. The first kappa shape index (κ1) is 16.9. The fourth-order valence-electron chi connectivity index (χ4n) is 1.74. The Hall–Kier alpha value is -0.140. The Balaban J connectivity index is 2.49. The maximum Gasteiger partial charge on any atom is 0.250 e. The predicted octanol–water partition coefficient (Wildman–Crippen LogP) is 2.87. The Labute approximate surface area is 123 Å². The second kappa shape index (κ2) is 8.21. The molecule has 0 radical (unpaired) electrons. The van der Waals surface area contributed by atoms with Crippen molar-refractivity contribution in [3.63, 3.8) is 0 Å². The van der Waals surface area contributed by atoms with Crippen molar-refractivity contribution in [2.24, 2.45) is 5.92 Å². The number of rotatable bonds is 9. The van der Waals surface area contributed by atoms with Crippen LogP contribution in [-0.4, -0.2) is 26.7 Å². The van der Waals surface area contributed by atoms with Crippen LogP contribution in [0.2, 0.25) is 4.34 Å². The highest BCUT2D eigenvalue weighted by Crippen LogP contribution is 2.25. The van der Waals surface area contributed by atoms with Crippen LogP contribution < -0.4 is 4.72 Å². The summed E-state index contributed by atoms with van der Waals surface area (Å²) in [6.07, 6.45) is 3.52. The van der Waals surface area contributed by atoms with Crippen molar-refractivity contribution < 1.29 is 13.5 Å². The lowest BCUT2D eigenvalue weighted by molar-refractivity contribution is 0.277. The van der Waals surface area contributed by atoms with Gasteiger partial charge in [0.05, 0.1) is 4.34 Å². The third kappa shape index (κ3) is 5.79. The minimum absolute atomic E-state index is 0.190. The number of hydrogen-bond acceptors (Lipinski definition) is 4. The molecule has 4 nitrogen and oxygen atoms in total. The maximum atomic E-state index is 12.0. The summed E-state index contributed by atoms with van der Waals surface area (Å²) >= 11 is 6.80. The van der Waals surface area contributed by atoms with E-state index < -0.39 is 10.0 Å². The molecule has 0 aromatic carbocycles. The van der Waals surface area contributed by atoms with Gasteiger partial charge in [-0.25, -0.2) is 13.1 Å². The summed E-state index contributed by atoms with van der Waals surface area (Å²) in [5, 5.41) is 8.74. The second-order valence-electron chi connectivity index (χ2n) is 4.40. The van der Waals surface area contributed by atoms with Crippen LogP contribution in [0.5, 0.6) is 0 Å². The summed E-state index contributed by atoms with van der Waals surface area (Å²) in [5.74, 6) is 0.303. The van der Waals surface area contributed by atoms with Gasteiger partial charge in [0.15, 0.2) is 0 Å². The lowest BCUT2D eigenvalue weighted by Gasteiger charge is -2.15. The molecule has 0 spiro atoms. The van der Waals surface area contributed by atoms with E-state index in [2.05, 4.69) is 4.72 Å². The van der Waals surface area contributed by atoms with Gasteiger partial charge in [-0.15, -0.1) is 11.3 Å². The Kier molecular flexibility index (Phi) is 7.31. The number of halogens is 1. The van der Waals surface area contributed by atoms with Crippen molar-refractivity contribution in [1.29, 1.82) is 0 Å². The lowest BCUT2D eigenvalue weighted by Crippen LogP contribution is -2.28. The van der Waals surface area contributed by atoms with Crippen LogP contribution in [0.15, 0.2) is 16.3 Å². The van der Waals surface area contributed by atoms with Gasteiger partial charge in [-0.05, 0) is 30.9 Å². The minimum atomic E-state index is -3.44. The summed E-state index contributed by atoms with van der Waals surface area (Å²) < 4.78 is 27.3. The molecule has 0 fully saturated rings. The number of unbranched alkanes of at least 4 members (excludes halogenated alkanes) is 1. The van der Waals surface area contributed by atoms with E-state index in [0.29, 0.717) is 16.8 Å². The van der Waals surface area contributed by atoms with E-state index in [-0.39, 0.29) is 10.8 Å². The van der Waals surface area contributed by atoms with E-state index in [0.717, 1.165) is 37.0 Å². The predicted molar refractivity (Wildman–Crippen MR) is 79.2 cm³/mol. The molecule has 1 atom stereocenters. The standard InChI is InChI=1S/C12H20ClNO3S2/c1-2-10(5-3-4-8-15)9-14-19(16,17)12-7-6-11(13)18-12/h6-7,10,14-15H,2-5,8-9H2,1H3/t10-/m0/s1. The number of nitrogens with one attached hydrogen (secondary N) is 1. The third-order valence-corrected chi connectivity index (χ3v) is 6.12. The third-order valence-electron chi connectivity index (χ3n) is 2.97. The molecule has 1 aromatic rings. The van der Waals surface area contributed by atoms with E-state index in [1.165, 1.54) is 6.07 Å². The van der Waals surface area contributed by atoms with Crippen molar-refractivity contribution in [3.8, 4) is 0 Å². The van der Waals surface area contributed by atoms with E-state index >= 15 is 0 Å². The molecule has 1 heterocycles. The summed E-state index contributed by atoms with van der Waals surface area (Å²) in [6, 6.07) is 3.10. The van der Waals surface area contributed by atoms with Crippen LogP contribution in [0.1, 0.15) is 32.6 Å². The van der Waals surface area contributed by atoms with Crippen LogP contribution in [0.4, 0.5) is 0 Å². The molecule has 0 aliphatic carbocycles. The number of aliphatic hydroxyl groups is 1. The van der Waals surface area contributed by atoms with Gasteiger partial charge < -0.3 is 5.11 Å². The van der Waals surface area contributed by atoms with E-state index in [4.69, 9.17) is 16.7 Å². The fraction of sp³-hybridized carbons (Fsp3) is 0.667. The first-order valence-corrected chi connectivity index (χ1v) is 9.03. The zero-order valence-corrected chi connectivity index (χ0v) is 13.3. The summed E-state index contributed by atoms with van der Waals surface area (Å²) in [5.41, 5.74) is 0. The minimum Gasteiger partial charge on any atom is -0.396 e. The second-order valence-corrected chi connectivity index (χ2v) is 8.11. The lowest BCUT2D eigenvalue weighted by atomic mass is 10.00. The van der Waals surface area contributed by atoms with Crippen LogP contribution >= 0.6 is 22.9 Å². The number of aliphatic hydroxyl groups excluding tert-OH is 1. The average molecular weight is 326 g/mol. The Morgan fingerprint density at radius 1 is 1.42 bits per heavy atom. The SMILES string of the molecule is CC[C@@H](CCCCO)CNS(=O)(=O)c1ccc(Cl)s1. The van der Waals surface area contributed by atoms with Gasteiger partial charge in [0.2, 0.25) is 10.0 Å². The van der Waals surface area contributed by atoms with Crippen molar-refractivity contribution in [3.05, 3.63) is 16.5 Å². The van der Waals surface area contributed by atoms with Gasteiger partial charge in [-0.3, -0.25) is 0 Å². The molecule has 0 aliphatic heterocycles. The largest absolute Gasteiger partial charge is 0.396 e. The van der Waals surface area contributed by atoms with E-state index in [9.17, 15) is 8.42 Å². The van der Waals surface area contributed by atoms with Crippen molar-refractivity contribution >= 4 is 33.0 Å². The van der Waals surface area contributed by atoms with Gasteiger partial charge in [0, 0.05) is 13.2 Å². The molecule has 7 heteroatoms. The molecule has 0 bridgehead atoms. The molecule has 19 heavy (non-hydrogen) atoms. The van der Waals surface area contributed by atoms with Crippen molar-refractivity contribution in [2.45, 2.75) is 36.8 Å². The highest BCUT2D eigenvalue weighted by molar-refractivity contribution is 7.91. The first-order valence-electron chi connectivity index (χ1n) is 6.35. The molecule has 0 unspecified atom stereocenters. The highest BCUT2D eigenvalue weighted by atomic mass is 35.5. The number of hydrogen-bond donors (Lipinski definition) is 2. The molecule has 0 saturated carbocycles. The highest BCUT2D eigenvalue weighted by Gasteiger charge is 2.18. The molecule has 0 aliphatic rings. The quantitative estimate of drug-likeness (QED) is 0.686. The van der Waals surface area contributed by atoms with E-state index in [1.54, 1.807) is 6.07 Å². The fourth-order valence-corrected chi connectivity index (χ4v) is 4.38. The molecular formula is C12H20ClNO3S2. The smallest absolute Gasteiger partial charge is 0.250 e. The molecule has 0 saturated heterocycles. The van der Waals surface area contributed by atoms with Gasteiger partial charge in [0.25, 0.3) is 0 Å². The van der Waals surface area contributed by atoms with Crippen molar-refractivity contribution in [2.75, 3.05) is 13.2 Å². The molecule has 2 N–H and O–H groups in total. The molecule has 1 aromatic heterocycles. The van der Waals surface area contributed by atoms with Crippen molar-refractivity contribution in [1.82, 2.24) is 4.72 Å². The molecule has 1 rings (SSSR count). The Morgan fingerprint density at radius 2 is 2.16 bits per heavy atom. The Bertz CT molecular complexity index is 473. The van der Waals surface area contributed by atoms with Crippen LogP contribution in [-0.2, 0) is 10.0 Å². The molecular weight excluding hydrogens is 306 g/mol. The average Bonchev–Trinajstić information content (AvgIpc) is 2.81. The normalized spacial score (nSPS) is 13.6.